The average molecular weight is 359 g/mol. The smallest absolute Gasteiger partial charge is 0.335 e. The topological polar surface area (TPSA) is 161 Å². The van der Waals surface area contributed by atoms with Gasteiger partial charge in [-0.1, -0.05) is 6.07 Å². The zero-order valence-corrected chi connectivity index (χ0v) is 13.5. The molecule has 1 aromatic rings. The Balaban J connectivity index is 2.86. The van der Waals surface area contributed by atoms with Crippen LogP contribution in [0.25, 0.3) is 0 Å². The summed E-state index contributed by atoms with van der Waals surface area (Å²) in [4.78, 5) is 42.2. The third-order valence-corrected chi connectivity index (χ3v) is 4.67. The minimum absolute atomic E-state index is 0.00821. The number of benzene rings is 1. The van der Waals surface area contributed by atoms with Crippen LogP contribution in [-0.2, 0) is 14.2 Å². The minimum Gasteiger partial charge on any atom is -0.481 e. The van der Waals surface area contributed by atoms with Gasteiger partial charge in [-0.15, -0.1) is 0 Å². The van der Waals surface area contributed by atoms with Crippen molar-refractivity contribution in [2.24, 2.45) is 5.92 Å². The molecule has 24 heavy (non-hydrogen) atoms. The van der Waals surface area contributed by atoms with E-state index in [2.05, 4.69) is 5.32 Å². The maximum atomic E-state index is 11.5. The van der Waals surface area contributed by atoms with E-state index in [-0.39, 0.29) is 18.5 Å². The van der Waals surface area contributed by atoms with E-state index in [1.807, 2.05) is 0 Å². The molecule has 0 aliphatic rings. The second kappa shape index (κ2) is 9.05. The third-order valence-electron chi connectivity index (χ3n) is 3.42. The Labute approximate surface area is 137 Å². The molecular weight excluding hydrogens is 341 g/mol. The lowest BCUT2D eigenvalue weighted by Crippen LogP contribution is -2.32. The molecule has 0 aliphatic heterocycles. The first-order valence-electron chi connectivity index (χ1n) is 6.97. The Hall–Kier alpha value is -2.38. The first-order chi connectivity index (χ1) is 11.2. The van der Waals surface area contributed by atoms with E-state index < -0.39 is 43.9 Å². The van der Waals surface area contributed by atoms with Gasteiger partial charge in [0.15, 0.2) is 8.03 Å². The van der Waals surface area contributed by atoms with Gasteiger partial charge in [-0.05, 0) is 24.6 Å². The van der Waals surface area contributed by atoms with Crippen molar-refractivity contribution in [1.82, 2.24) is 0 Å². The second-order valence-electron chi connectivity index (χ2n) is 5.09. The summed E-state index contributed by atoms with van der Waals surface area (Å²) >= 11 is 0. The van der Waals surface area contributed by atoms with Crippen molar-refractivity contribution < 1.29 is 39.2 Å². The number of hydrogen-bond donors (Lipinski definition) is 5. The van der Waals surface area contributed by atoms with Crippen molar-refractivity contribution in [2.45, 2.75) is 18.5 Å². The molecule has 10 heteroatoms. The fourth-order valence-corrected chi connectivity index (χ4v) is 3.10. The van der Waals surface area contributed by atoms with E-state index >= 15 is 0 Å². The highest BCUT2D eigenvalue weighted by Crippen LogP contribution is 2.32. The zero-order valence-electron chi connectivity index (χ0n) is 12.5. The van der Waals surface area contributed by atoms with E-state index in [1.165, 1.54) is 24.3 Å². The van der Waals surface area contributed by atoms with Crippen molar-refractivity contribution >= 4 is 31.6 Å². The number of carbonyl (C=O) groups is 3. The molecular formula is C14H18NO8P. The number of carboxylic acid groups (broad SMARTS) is 3. The van der Waals surface area contributed by atoms with Crippen LogP contribution in [0.5, 0.6) is 0 Å². The van der Waals surface area contributed by atoms with Crippen LogP contribution in [0.1, 0.15) is 23.2 Å². The van der Waals surface area contributed by atoms with Gasteiger partial charge in [0.05, 0.1) is 17.1 Å². The average Bonchev–Trinajstić information content (AvgIpc) is 2.49. The number of hydrogen-bond acceptors (Lipinski definition) is 5. The fraction of sp³-hybridized carbons (Fsp3) is 0.357. The van der Waals surface area contributed by atoms with Gasteiger partial charge in [-0.25, -0.2) is 4.79 Å². The molecule has 0 bridgehead atoms. The summed E-state index contributed by atoms with van der Waals surface area (Å²) in [5.74, 6) is -4.99. The minimum atomic E-state index is -3.26. The van der Waals surface area contributed by atoms with E-state index in [4.69, 9.17) is 10.2 Å². The van der Waals surface area contributed by atoms with Crippen LogP contribution >= 0.6 is 8.03 Å². The molecule has 0 heterocycles. The molecule has 0 aromatic heterocycles. The highest BCUT2D eigenvalue weighted by molar-refractivity contribution is 7.39. The summed E-state index contributed by atoms with van der Waals surface area (Å²) < 4.78 is 11.5. The molecule has 1 aromatic carbocycles. The number of carboxylic acids is 3. The van der Waals surface area contributed by atoms with Gasteiger partial charge in [-0.2, -0.15) is 0 Å². The van der Waals surface area contributed by atoms with Gasteiger partial charge in [0.2, 0.25) is 0 Å². The van der Waals surface area contributed by atoms with Gasteiger partial charge in [0, 0.05) is 18.7 Å². The third kappa shape index (κ3) is 6.02. The lowest BCUT2D eigenvalue weighted by molar-refractivity contribution is -0.143. The number of rotatable bonds is 10. The largest absolute Gasteiger partial charge is 0.481 e. The summed E-state index contributed by atoms with van der Waals surface area (Å²) in [6.07, 6.45) is -0.708. The molecule has 132 valence electrons. The molecule has 1 rings (SSSR count). The Kier molecular flexibility index (Phi) is 7.41. The quantitative estimate of drug-likeness (QED) is 0.386. The normalized spacial score (nSPS) is 14.4. The Morgan fingerprint density at radius 3 is 2.33 bits per heavy atom. The Morgan fingerprint density at radius 1 is 1.17 bits per heavy atom. The molecule has 0 fully saturated rings. The first-order valence-corrected chi connectivity index (χ1v) is 8.40. The lowest BCUT2D eigenvalue weighted by atomic mass is 9.99. The van der Waals surface area contributed by atoms with E-state index in [1.54, 1.807) is 0 Å². The number of nitrogens with one attached hydrogen (secondary N) is 1. The fourth-order valence-electron chi connectivity index (χ4n) is 2.17. The molecule has 9 nitrogen and oxygen atoms in total. The highest BCUT2D eigenvalue weighted by atomic mass is 31.1. The summed E-state index contributed by atoms with van der Waals surface area (Å²) in [5, 5.41) is 29.5. The van der Waals surface area contributed by atoms with Gasteiger partial charge in [0.1, 0.15) is 0 Å². The van der Waals surface area contributed by atoms with Crippen LogP contribution in [0.15, 0.2) is 24.3 Å². The molecule has 0 amide bonds. The summed E-state index contributed by atoms with van der Waals surface area (Å²) in [7, 11) is -3.26. The lowest BCUT2D eigenvalue weighted by Gasteiger charge is -2.22. The van der Waals surface area contributed by atoms with Crippen molar-refractivity contribution in [1.29, 1.82) is 0 Å². The van der Waals surface area contributed by atoms with Gasteiger partial charge in [0.25, 0.3) is 0 Å². The van der Waals surface area contributed by atoms with Crippen molar-refractivity contribution in [2.75, 3.05) is 11.9 Å². The zero-order chi connectivity index (χ0) is 18.3. The Bertz CT molecular complexity index is 647. The number of aliphatic carboxylic acids is 2. The van der Waals surface area contributed by atoms with Gasteiger partial charge >= 0.3 is 17.9 Å². The van der Waals surface area contributed by atoms with Crippen molar-refractivity contribution in [3.63, 3.8) is 0 Å². The molecule has 0 radical (unpaired) electrons. The van der Waals surface area contributed by atoms with Crippen LogP contribution in [-0.4, -0.2) is 50.3 Å². The predicted octanol–water partition coefficient (Wildman–Crippen LogP) is 1.20. The Morgan fingerprint density at radius 2 is 1.83 bits per heavy atom. The maximum absolute atomic E-state index is 11.5. The summed E-state index contributed by atoms with van der Waals surface area (Å²) in [6.45, 7) is -0.200. The first kappa shape index (κ1) is 19.7. The van der Waals surface area contributed by atoms with Crippen molar-refractivity contribution in [3.8, 4) is 0 Å². The number of aromatic carboxylic acids is 1. The molecule has 0 aliphatic carbocycles. The monoisotopic (exact) mass is 359 g/mol. The number of anilines is 1. The van der Waals surface area contributed by atoms with Crippen LogP contribution in [0.3, 0.4) is 0 Å². The van der Waals surface area contributed by atoms with E-state index in [9.17, 15) is 28.9 Å². The van der Waals surface area contributed by atoms with Crippen LogP contribution in [0.4, 0.5) is 5.69 Å². The molecule has 5 N–H and O–H groups in total. The van der Waals surface area contributed by atoms with Gasteiger partial charge < -0.3 is 25.5 Å². The SMILES string of the molecule is O=C(O)CCC(C(=O)O)C(CNc1cccc(C(=O)O)c1)[PH](=O)O. The summed E-state index contributed by atoms with van der Waals surface area (Å²) in [5.41, 5.74) is -0.820. The van der Waals surface area contributed by atoms with Crippen molar-refractivity contribution in [3.05, 3.63) is 29.8 Å². The molecule has 0 saturated heterocycles. The second-order valence-corrected chi connectivity index (χ2v) is 6.51. The van der Waals surface area contributed by atoms with E-state index in [0.29, 0.717) is 5.69 Å². The molecule has 3 atom stereocenters. The predicted molar refractivity (Wildman–Crippen MR) is 84.9 cm³/mol. The molecule has 3 unspecified atom stereocenters. The molecule has 0 spiro atoms. The standard InChI is InChI=1S/C14H18NO8P/c16-12(17)5-4-10(14(20)21)11(24(22)23)7-15-9-3-1-2-8(6-9)13(18)19/h1-3,6,10-11,15,24H,4-5,7H2,(H,16,17)(H,18,19)(H,20,21)(H,22,23). The molecule has 0 saturated carbocycles. The maximum Gasteiger partial charge on any atom is 0.335 e. The van der Waals surface area contributed by atoms with E-state index in [0.717, 1.165) is 0 Å². The van der Waals surface area contributed by atoms with Crippen LogP contribution < -0.4 is 5.32 Å². The summed E-state index contributed by atoms with van der Waals surface area (Å²) in [6, 6.07) is 5.68. The highest BCUT2D eigenvalue weighted by Gasteiger charge is 2.32. The van der Waals surface area contributed by atoms with Crippen LogP contribution in [0.2, 0.25) is 0 Å². The van der Waals surface area contributed by atoms with Crippen LogP contribution in [0, 0.1) is 5.92 Å². The van der Waals surface area contributed by atoms with Gasteiger partial charge in [-0.3, -0.25) is 14.2 Å².